The Morgan fingerprint density at radius 2 is 2.04 bits per heavy atom. The van der Waals surface area contributed by atoms with Crippen molar-refractivity contribution in [1.29, 1.82) is 0 Å². The molecule has 132 valence electrons. The Kier molecular flexibility index (Phi) is 7.48. The molecule has 0 radical (unpaired) electrons. The lowest BCUT2D eigenvalue weighted by Crippen LogP contribution is -2.19. The first-order valence-electron chi connectivity index (χ1n) is 8.01. The van der Waals surface area contributed by atoms with Crippen molar-refractivity contribution in [2.24, 2.45) is 5.92 Å². The van der Waals surface area contributed by atoms with Crippen LogP contribution in [0.15, 0.2) is 22.5 Å². The molecule has 0 aliphatic carbocycles. The fraction of sp³-hybridized carbons (Fsp3) is 0.529. The highest BCUT2D eigenvalue weighted by molar-refractivity contribution is 8.01. The third kappa shape index (κ3) is 6.05. The van der Waals surface area contributed by atoms with E-state index in [0.29, 0.717) is 24.9 Å². The number of anilines is 2. The van der Waals surface area contributed by atoms with Gasteiger partial charge in [-0.05, 0) is 37.0 Å². The van der Waals surface area contributed by atoms with Crippen LogP contribution in [0, 0.1) is 19.8 Å². The van der Waals surface area contributed by atoms with Crippen molar-refractivity contribution in [2.75, 3.05) is 24.3 Å². The second-order valence-corrected chi connectivity index (χ2v) is 8.39. The number of hydrogen-bond acceptors (Lipinski definition) is 7. The van der Waals surface area contributed by atoms with Crippen molar-refractivity contribution < 1.29 is 9.84 Å². The summed E-state index contributed by atoms with van der Waals surface area (Å²) in [4.78, 5) is 0. The first-order chi connectivity index (χ1) is 11.5. The van der Waals surface area contributed by atoms with E-state index in [9.17, 15) is 5.11 Å². The Hall–Kier alpha value is -1.15. The average molecular weight is 368 g/mol. The maximum absolute atomic E-state index is 9.93. The Bertz CT molecular complexity index is 647. The van der Waals surface area contributed by atoms with E-state index in [2.05, 4.69) is 49.3 Å². The molecule has 1 aromatic heterocycles. The zero-order valence-corrected chi connectivity index (χ0v) is 16.2. The van der Waals surface area contributed by atoms with Gasteiger partial charge in [-0.15, -0.1) is 10.2 Å². The maximum Gasteiger partial charge on any atom is 0.210 e. The third-order valence-corrected chi connectivity index (χ3v) is 5.53. The van der Waals surface area contributed by atoms with Crippen molar-refractivity contribution in [3.63, 3.8) is 0 Å². The SMILES string of the molecule is Cc1cccc(Nc2nnc(SCC(O)COCC(C)C)s2)c1C. The van der Waals surface area contributed by atoms with Crippen molar-refractivity contribution in [1.82, 2.24) is 10.2 Å². The molecule has 1 aromatic carbocycles. The van der Waals surface area contributed by atoms with Crippen LogP contribution in [-0.4, -0.2) is 40.4 Å². The molecule has 0 bridgehead atoms. The van der Waals surface area contributed by atoms with E-state index in [1.807, 2.05) is 12.1 Å². The molecular formula is C17H25N3O2S2. The Labute approximate surface area is 151 Å². The van der Waals surface area contributed by atoms with Gasteiger partial charge in [0.15, 0.2) is 4.34 Å². The molecule has 2 aromatic rings. The predicted octanol–water partition coefficient (Wildman–Crippen LogP) is 4.02. The minimum absolute atomic E-state index is 0.359. The van der Waals surface area contributed by atoms with Crippen LogP contribution in [0.3, 0.4) is 0 Å². The van der Waals surface area contributed by atoms with Crippen molar-refractivity contribution >= 4 is 33.9 Å². The molecule has 0 spiro atoms. The van der Waals surface area contributed by atoms with Crippen LogP contribution in [0.25, 0.3) is 0 Å². The molecule has 1 heterocycles. The fourth-order valence-corrected chi connectivity index (χ4v) is 3.67. The van der Waals surface area contributed by atoms with E-state index in [1.165, 1.54) is 34.2 Å². The Balaban J connectivity index is 1.81. The highest BCUT2D eigenvalue weighted by atomic mass is 32.2. The lowest BCUT2D eigenvalue weighted by atomic mass is 10.1. The zero-order chi connectivity index (χ0) is 17.5. The molecule has 0 saturated heterocycles. The van der Waals surface area contributed by atoms with Crippen molar-refractivity contribution in [3.05, 3.63) is 29.3 Å². The van der Waals surface area contributed by atoms with Crippen LogP contribution < -0.4 is 5.32 Å². The molecule has 0 fully saturated rings. The minimum atomic E-state index is -0.493. The lowest BCUT2D eigenvalue weighted by molar-refractivity contribution is 0.0364. The van der Waals surface area contributed by atoms with E-state index in [-0.39, 0.29) is 0 Å². The summed E-state index contributed by atoms with van der Waals surface area (Å²) in [5, 5.41) is 22.3. The van der Waals surface area contributed by atoms with Gasteiger partial charge in [0, 0.05) is 18.0 Å². The minimum Gasteiger partial charge on any atom is -0.390 e. The van der Waals surface area contributed by atoms with E-state index in [4.69, 9.17) is 4.74 Å². The standard InChI is InChI=1S/C17H25N3O2S2/c1-11(2)8-22-9-14(21)10-23-17-20-19-16(24-17)18-15-7-5-6-12(3)13(15)4/h5-7,11,14,21H,8-10H2,1-4H3,(H,18,19). The summed E-state index contributed by atoms with van der Waals surface area (Å²) >= 11 is 2.99. The number of rotatable bonds is 9. The number of ether oxygens (including phenoxy) is 1. The number of hydrogen-bond donors (Lipinski definition) is 2. The average Bonchev–Trinajstić information content (AvgIpc) is 2.97. The predicted molar refractivity (Wildman–Crippen MR) is 101 cm³/mol. The smallest absolute Gasteiger partial charge is 0.210 e. The monoisotopic (exact) mass is 367 g/mol. The summed E-state index contributed by atoms with van der Waals surface area (Å²) in [5.74, 6) is 1.03. The number of aromatic nitrogens is 2. The van der Waals surface area contributed by atoms with Gasteiger partial charge < -0.3 is 15.2 Å². The molecule has 5 nitrogen and oxygen atoms in total. The second kappa shape index (κ2) is 9.36. The van der Waals surface area contributed by atoms with Gasteiger partial charge in [-0.1, -0.05) is 49.1 Å². The first kappa shape index (κ1) is 19.2. The summed E-state index contributed by atoms with van der Waals surface area (Å²) in [5.41, 5.74) is 3.49. The van der Waals surface area contributed by atoms with Gasteiger partial charge >= 0.3 is 0 Å². The molecule has 1 atom stereocenters. The van der Waals surface area contributed by atoms with Gasteiger partial charge in [0.25, 0.3) is 0 Å². The summed E-state index contributed by atoms with van der Waals surface area (Å²) < 4.78 is 6.28. The normalized spacial score (nSPS) is 12.6. The molecule has 7 heteroatoms. The number of thioether (sulfide) groups is 1. The Morgan fingerprint density at radius 3 is 2.79 bits per heavy atom. The number of aliphatic hydroxyl groups excluding tert-OH is 1. The van der Waals surface area contributed by atoms with Crippen LogP contribution in [0.5, 0.6) is 0 Å². The van der Waals surface area contributed by atoms with E-state index in [0.717, 1.165) is 15.2 Å². The molecule has 0 saturated carbocycles. The molecule has 24 heavy (non-hydrogen) atoms. The van der Waals surface area contributed by atoms with Gasteiger partial charge in [0.1, 0.15) is 0 Å². The van der Waals surface area contributed by atoms with E-state index in [1.54, 1.807) is 0 Å². The zero-order valence-electron chi connectivity index (χ0n) is 14.6. The molecule has 1 unspecified atom stereocenters. The molecular weight excluding hydrogens is 342 g/mol. The van der Waals surface area contributed by atoms with Crippen LogP contribution in [-0.2, 0) is 4.74 Å². The van der Waals surface area contributed by atoms with E-state index >= 15 is 0 Å². The first-order valence-corrected chi connectivity index (χ1v) is 9.81. The molecule has 0 amide bonds. The molecule has 2 rings (SSSR count). The van der Waals surface area contributed by atoms with Gasteiger partial charge in [-0.25, -0.2) is 0 Å². The number of nitrogens with one attached hydrogen (secondary N) is 1. The maximum atomic E-state index is 9.93. The van der Waals surface area contributed by atoms with Crippen LogP contribution in [0.2, 0.25) is 0 Å². The van der Waals surface area contributed by atoms with Crippen LogP contribution in [0.4, 0.5) is 10.8 Å². The number of benzene rings is 1. The van der Waals surface area contributed by atoms with Crippen molar-refractivity contribution in [3.8, 4) is 0 Å². The quantitative estimate of drug-likeness (QED) is 0.653. The van der Waals surface area contributed by atoms with Gasteiger partial charge in [-0.2, -0.15) is 0 Å². The number of aryl methyl sites for hydroxylation is 1. The molecule has 2 N–H and O–H groups in total. The largest absolute Gasteiger partial charge is 0.390 e. The second-order valence-electron chi connectivity index (χ2n) is 6.14. The highest BCUT2D eigenvalue weighted by Gasteiger charge is 2.11. The fourth-order valence-electron chi connectivity index (χ4n) is 1.98. The van der Waals surface area contributed by atoms with E-state index < -0.39 is 6.10 Å². The topological polar surface area (TPSA) is 67.3 Å². The summed E-state index contributed by atoms with van der Waals surface area (Å²) in [6.45, 7) is 9.38. The van der Waals surface area contributed by atoms with Crippen molar-refractivity contribution in [2.45, 2.75) is 38.1 Å². The number of nitrogens with zero attached hydrogens (tertiary/aromatic N) is 2. The van der Waals surface area contributed by atoms with Crippen LogP contribution >= 0.6 is 23.1 Å². The Morgan fingerprint density at radius 1 is 1.25 bits per heavy atom. The van der Waals surface area contributed by atoms with Gasteiger partial charge in [-0.3, -0.25) is 0 Å². The summed E-state index contributed by atoms with van der Waals surface area (Å²) in [6, 6.07) is 6.14. The van der Waals surface area contributed by atoms with Crippen LogP contribution in [0.1, 0.15) is 25.0 Å². The van der Waals surface area contributed by atoms with Gasteiger partial charge in [0.05, 0.1) is 12.7 Å². The summed E-state index contributed by atoms with van der Waals surface area (Å²) in [6.07, 6.45) is -0.493. The van der Waals surface area contributed by atoms with Gasteiger partial charge in [0.2, 0.25) is 5.13 Å². The number of aliphatic hydroxyl groups is 1. The lowest BCUT2D eigenvalue weighted by Gasteiger charge is -2.11. The molecule has 0 aliphatic heterocycles. The molecule has 0 aliphatic rings. The third-order valence-electron chi connectivity index (χ3n) is 3.41. The highest BCUT2D eigenvalue weighted by Crippen LogP contribution is 2.29. The summed E-state index contributed by atoms with van der Waals surface area (Å²) in [7, 11) is 0.